The number of pyridine rings is 1. The van der Waals surface area contributed by atoms with Crippen LogP contribution in [0.1, 0.15) is 0 Å². The zero-order valence-corrected chi connectivity index (χ0v) is 8.44. The summed E-state index contributed by atoms with van der Waals surface area (Å²) < 4.78 is 13.1. The quantitative estimate of drug-likeness (QED) is 0.658. The third kappa shape index (κ3) is 1.37. The summed E-state index contributed by atoms with van der Waals surface area (Å²) in [6, 6.07) is 9.42. The van der Waals surface area contributed by atoms with Crippen molar-refractivity contribution in [3.63, 3.8) is 0 Å². The second-order valence-corrected chi connectivity index (χ2v) is 3.64. The minimum Gasteiger partial charge on any atom is -0.361 e. The number of halogens is 1. The molecule has 0 aliphatic rings. The number of aromatic amines is 1. The molecule has 0 fully saturated rings. The van der Waals surface area contributed by atoms with Crippen LogP contribution >= 0.6 is 0 Å². The molecule has 2 heterocycles. The Morgan fingerprint density at radius 1 is 1.12 bits per heavy atom. The smallest absolute Gasteiger partial charge is 0.142 e. The fraction of sp³-hybridized carbons (Fsp3) is 0. The van der Waals surface area contributed by atoms with Crippen molar-refractivity contribution in [2.24, 2.45) is 0 Å². The standard InChI is InChI=1S/C13H9FN2/c14-10-5-9(6-15-7-10)12-8-16-13-4-2-1-3-11(12)13/h1-8,16H. The number of H-pyrrole nitrogens is 1. The lowest BCUT2D eigenvalue weighted by atomic mass is 10.1. The van der Waals surface area contributed by atoms with E-state index in [-0.39, 0.29) is 5.82 Å². The van der Waals surface area contributed by atoms with Crippen molar-refractivity contribution in [2.45, 2.75) is 0 Å². The van der Waals surface area contributed by atoms with E-state index in [2.05, 4.69) is 9.97 Å². The van der Waals surface area contributed by atoms with Gasteiger partial charge in [-0.1, -0.05) is 18.2 Å². The van der Waals surface area contributed by atoms with Gasteiger partial charge in [-0.15, -0.1) is 0 Å². The van der Waals surface area contributed by atoms with Gasteiger partial charge in [-0.2, -0.15) is 0 Å². The molecule has 0 aliphatic carbocycles. The van der Waals surface area contributed by atoms with E-state index >= 15 is 0 Å². The van der Waals surface area contributed by atoms with Gasteiger partial charge in [0.1, 0.15) is 5.82 Å². The number of hydrogen-bond acceptors (Lipinski definition) is 1. The molecule has 3 rings (SSSR count). The number of hydrogen-bond donors (Lipinski definition) is 1. The first-order valence-corrected chi connectivity index (χ1v) is 5.01. The summed E-state index contributed by atoms with van der Waals surface area (Å²) in [4.78, 5) is 7.01. The Bertz CT molecular complexity index is 643. The number of aromatic nitrogens is 2. The summed E-state index contributed by atoms with van der Waals surface area (Å²) in [5, 5.41) is 1.08. The molecule has 0 aliphatic heterocycles. The first-order valence-electron chi connectivity index (χ1n) is 5.01. The predicted octanol–water partition coefficient (Wildman–Crippen LogP) is 3.37. The summed E-state index contributed by atoms with van der Waals surface area (Å²) in [6.45, 7) is 0. The van der Waals surface area contributed by atoms with Gasteiger partial charge in [0.05, 0.1) is 6.20 Å². The monoisotopic (exact) mass is 212 g/mol. The summed E-state index contributed by atoms with van der Waals surface area (Å²) in [5.41, 5.74) is 2.81. The highest BCUT2D eigenvalue weighted by Gasteiger charge is 2.06. The molecule has 0 spiro atoms. The maximum absolute atomic E-state index is 13.1. The number of benzene rings is 1. The number of nitrogens with zero attached hydrogens (tertiary/aromatic N) is 1. The Labute approximate surface area is 91.8 Å². The molecule has 1 aromatic carbocycles. The van der Waals surface area contributed by atoms with Crippen molar-refractivity contribution in [3.8, 4) is 11.1 Å². The molecule has 1 N–H and O–H groups in total. The summed E-state index contributed by atoms with van der Waals surface area (Å²) >= 11 is 0. The largest absolute Gasteiger partial charge is 0.361 e. The van der Waals surface area contributed by atoms with Crippen LogP contribution in [0.2, 0.25) is 0 Å². The molecule has 0 saturated carbocycles. The molecule has 0 unspecified atom stereocenters. The van der Waals surface area contributed by atoms with Crippen LogP contribution in [0.15, 0.2) is 48.9 Å². The lowest BCUT2D eigenvalue weighted by Crippen LogP contribution is -1.81. The molecule has 0 atom stereocenters. The molecule has 16 heavy (non-hydrogen) atoms. The van der Waals surface area contributed by atoms with E-state index in [4.69, 9.17) is 0 Å². The molecule has 2 nitrogen and oxygen atoms in total. The highest BCUT2D eigenvalue weighted by atomic mass is 19.1. The van der Waals surface area contributed by atoms with Crippen LogP contribution in [0.5, 0.6) is 0 Å². The van der Waals surface area contributed by atoms with Gasteiger partial charge in [-0.25, -0.2) is 4.39 Å². The average molecular weight is 212 g/mol. The maximum atomic E-state index is 13.1. The second-order valence-electron chi connectivity index (χ2n) is 3.64. The van der Waals surface area contributed by atoms with Gasteiger partial charge in [0, 0.05) is 34.4 Å². The number of para-hydroxylation sites is 1. The lowest BCUT2D eigenvalue weighted by Gasteiger charge is -1.98. The van der Waals surface area contributed by atoms with Crippen LogP contribution < -0.4 is 0 Å². The molecule has 2 aromatic heterocycles. The fourth-order valence-electron chi connectivity index (χ4n) is 1.87. The van der Waals surface area contributed by atoms with Gasteiger partial charge < -0.3 is 4.98 Å². The van der Waals surface area contributed by atoms with Gasteiger partial charge in [0.15, 0.2) is 0 Å². The van der Waals surface area contributed by atoms with Crippen molar-refractivity contribution in [1.82, 2.24) is 9.97 Å². The van der Waals surface area contributed by atoms with Gasteiger partial charge in [0.25, 0.3) is 0 Å². The van der Waals surface area contributed by atoms with Gasteiger partial charge in [0.2, 0.25) is 0 Å². The Kier molecular flexibility index (Phi) is 1.96. The zero-order valence-electron chi connectivity index (χ0n) is 8.44. The van der Waals surface area contributed by atoms with Crippen molar-refractivity contribution >= 4 is 10.9 Å². The summed E-state index contributed by atoms with van der Waals surface area (Å²) in [5.74, 6) is -0.317. The molecule has 78 valence electrons. The normalized spacial score (nSPS) is 10.8. The minimum absolute atomic E-state index is 0.317. The second kappa shape index (κ2) is 3.45. The van der Waals surface area contributed by atoms with E-state index in [0.717, 1.165) is 22.0 Å². The van der Waals surface area contributed by atoms with E-state index in [1.54, 1.807) is 6.20 Å². The molecular weight excluding hydrogens is 203 g/mol. The Morgan fingerprint density at radius 3 is 2.88 bits per heavy atom. The molecule has 0 saturated heterocycles. The van der Waals surface area contributed by atoms with Crippen LogP contribution in [0, 0.1) is 5.82 Å². The molecule has 0 amide bonds. The first-order chi connectivity index (χ1) is 7.84. The highest BCUT2D eigenvalue weighted by molar-refractivity contribution is 5.95. The van der Waals surface area contributed by atoms with Crippen LogP contribution in [0.25, 0.3) is 22.0 Å². The van der Waals surface area contributed by atoms with Crippen molar-refractivity contribution < 1.29 is 4.39 Å². The fourth-order valence-corrected chi connectivity index (χ4v) is 1.87. The minimum atomic E-state index is -0.317. The highest BCUT2D eigenvalue weighted by Crippen LogP contribution is 2.27. The lowest BCUT2D eigenvalue weighted by molar-refractivity contribution is 0.622. The van der Waals surface area contributed by atoms with Gasteiger partial charge in [-0.05, 0) is 12.1 Å². The van der Waals surface area contributed by atoms with Crippen LogP contribution in [0.3, 0.4) is 0 Å². The number of nitrogens with one attached hydrogen (secondary N) is 1. The third-order valence-corrected chi connectivity index (χ3v) is 2.61. The molecule has 3 heteroatoms. The first kappa shape index (κ1) is 9.09. The van der Waals surface area contributed by atoms with E-state index in [1.807, 2.05) is 30.5 Å². The van der Waals surface area contributed by atoms with Crippen molar-refractivity contribution in [1.29, 1.82) is 0 Å². The zero-order chi connectivity index (χ0) is 11.0. The molecule has 3 aromatic rings. The third-order valence-electron chi connectivity index (χ3n) is 2.61. The molecular formula is C13H9FN2. The molecule has 0 radical (unpaired) electrons. The van der Waals surface area contributed by atoms with E-state index < -0.39 is 0 Å². The van der Waals surface area contributed by atoms with E-state index in [9.17, 15) is 4.39 Å². The van der Waals surface area contributed by atoms with Crippen molar-refractivity contribution in [3.05, 3.63) is 54.7 Å². The van der Waals surface area contributed by atoms with Gasteiger partial charge >= 0.3 is 0 Å². The van der Waals surface area contributed by atoms with Crippen LogP contribution in [-0.2, 0) is 0 Å². The topological polar surface area (TPSA) is 28.7 Å². The van der Waals surface area contributed by atoms with Crippen LogP contribution in [-0.4, -0.2) is 9.97 Å². The van der Waals surface area contributed by atoms with E-state index in [0.29, 0.717) is 0 Å². The van der Waals surface area contributed by atoms with Gasteiger partial charge in [-0.3, -0.25) is 4.98 Å². The summed E-state index contributed by atoms with van der Waals surface area (Å²) in [6.07, 6.45) is 4.75. The number of rotatable bonds is 1. The van der Waals surface area contributed by atoms with Crippen LogP contribution in [0.4, 0.5) is 4.39 Å². The Balaban J connectivity index is 2.26. The SMILES string of the molecule is Fc1cncc(-c2c[nH]c3ccccc23)c1. The predicted molar refractivity (Wildman–Crippen MR) is 61.5 cm³/mol. The number of fused-ring (bicyclic) bond motifs is 1. The maximum Gasteiger partial charge on any atom is 0.142 e. The summed E-state index contributed by atoms with van der Waals surface area (Å²) in [7, 11) is 0. The molecule has 0 bridgehead atoms. The Morgan fingerprint density at radius 2 is 2.00 bits per heavy atom. The Hall–Kier alpha value is -2.16. The van der Waals surface area contributed by atoms with E-state index in [1.165, 1.54) is 12.3 Å². The average Bonchev–Trinajstić information content (AvgIpc) is 2.72. The van der Waals surface area contributed by atoms with Crippen molar-refractivity contribution in [2.75, 3.05) is 0 Å².